The van der Waals surface area contributed by atoms with Gasteiger partial charge >= 0.3 is 5.97 Å². The lowest BCUT2D eigenvalue weighted by atomic mass is 10.0. The normalized spacial score (nSPS) is 14.7. The zero-order valence-corrected chi connectivity index (χ0v) is 21.9. The fraction of sp³-hybridized carbons (Fsp3) is 0.440. The highest BCUT2D eigenvalue weighted by Crippen LogP contribution is 2.21. The van der Waals surface area contributed by atoms with E-state index in [9.17, 15) is 9.59 Å². The van der Waals surface area contributed by atoms with Crippen LogP contribution in [0, 0.1) is 11.3 Å². The summed E-state index contributed by atoms with van der Waals surface area (Å²) in [5.41, 5.74) is 8.34. The molecule has 2 aromatic rings. The van der Waals surface area contributed by atoms with Crippen molar-refractivity contribution < 1.29 is 19.4 Å². The van der Waals surface area contributed by atoms with E-state index in [0.717, 1.165) is 19.5 Å². The first-order valence-electron chi connectivity index (χ1n) is 11.3. The summed E-state index contributed by atoms with van der Waals surface area (Å²) < 4.78 is 5.47. The Balaban J connectivity index is 0.000000391. The largest absolute Gasteiger partial charge is 0.480 e. The number of ether oxygens (including phenoxy) is 1. The van der Waals surface area contributed by atoms with E-state index in [4.69, 9.17) is 21.0 Å². The van der Waals surface area contributed by atoms with E-state index in [-0.39, 0.29) is 18.4 Å². The number of nitrogen functional groups attached to an aromatic ring is 1. The number of pyridine rings is 1. The SMILES string of the molecule is CC(C)Oc1ccc(C(=N)c2cc(NC=O)ccc2N)cn1.CC1CCN(CC(=O)O)C1.CSC. The number of rotatable bonds is 8. The summed E-state index contributed by atoms with van der Waals surface area (Å²) in [4.78, 5) is 26.9. The molecule has 0 spiro atoms. The molecular formula is C25H37N5O4S. The molecule has 1 aromatic heterocycles. The van der Waals surface area contributed by atoms with Gasteiger partial charge in [-0.15, -0.1) is 0 Å². The molecule has 2 heterocycles. The highest BCUT2D eigenvalue weighted by molar-refractivity contribution is 7.97. The van der Waals surface area contributed by atoms with Crippen molar-refractivity contribution in [3.63, 3.8) is 0 Å². The van der Waals surface area contributed by atoms with E-state index < -0.39 is 5.97 Å². The van der Waals surface area contributed by atoms with Crippen molar-refractivity contribution in [1.29, 1.82) is 5.41 Å². The molecule has 10 heteroatoms. The number of hydrogen-bond donors (Lipinski definition) is 4. The van der Waals surface area contributed by atoms with Gasteiger partial charge in [0.2, 0.25) is 12.3 Å². The number of aliphatic carboxylic acids is 1. The Morgan fingerprint density at radius 3 is 2.54 bits per heavy atom. The first-order chi connectivity index (χ1) is 16.6. The van der Waals surface area contributed by atoms with Crippen molar-refractivity contribution in [3.05, 3.63) is 47.7 Å². The highest BCUT2D eigenvalue weighted by atomic mass is 32.2. The van der Waals surface area contributed by atoms with Gasteiger partial charge < -0.3 is 20.9 Å². The Hall–Kier alpha value is -3.11. The molecule has 0 aliphatic carbocycles. The van der Waals surface area contributed by atoms with Gasteiger partial charge in [-0.25, -0.2) is 4.98 Å². The molecule has 0 radical (unpaired) electrons. The summed E-state index contributed by atoms with van der Waals surface area (Å²) in [5, 5.41) is 19.2. The lowest BCUT2D eigenvalue weighted by Gasteiger charge is -2.11. The number of nitrogens with zero attached hydrogens (tertiary/aromatic N) is 2. The highest BCUT2D eigenvalue weighted by Gasteiger charge is 2.19. The van der Waals surface area contributed by atoms with Crippen LogP contribution in [0.25, 0.3) is 0 Å². The molecule has 1 unspecified atom stereocenters. The van der Waals surface area contributed by atoms with Gasteiger partial charge in [-0.3, -0.25) is 19.9 Å². The maximum absolute atomic E-state index is 10.5. The zero-order chi connectivity index (χ0) is 26.4. The average Bonchev–Trinajstić information content (AvgIpc) is 3.20. The van der Waals surface area contributed by atoms with Gasteiger partial charge in [-0.05, 0) is 69.5 Å². The van der Waals surface area contributed by atoms with Gasteiger partial charge in [0.15, 0.2) is 0 Å². The fourth-order valence-electron chi connectivity index (χ4n) is 3.29. The molecule has 0 saturated carbocycles. The summed E-state index contributed by atoms with van der Waals surface area (Å²) in [5.74, 6) is 0.476. The second kappa shape index (κ2) is 15.7. The monoisotopic (exact) mass is 503 g/mol. The fourth-order valence-corrected chi connectivity index (χ4v) is 3.29. The standard InChI is InChI=1S/C16H18N4O2.C7H13NO2.C2H6S/c1-10(2)22-15-6-3-11(8-19-15)16(18)13-7-12(20-9-21)4-5-14(13)17;1-6-2-3-8(4-6)5-7(9)10;1-3-2/h3-10,18H,17H2,1-2H3,(H,20,21);6H,2-5H2,1H3,(H,9,10);1-2H3. The predicted molar refractivity (Wildman–Crippen MR) is 144 cm³/mol. The second-order valence-electron chi connectivity index (χ2n) is 8.42. The minimum absolute atomic E-state index is 0.0412. The van der Waals surface area contributed by atoms with E-state index in [1.54, 1.807) is 48.3 Å². The average molecular weight is 504 g/mol. The molecule has 1 atom stereocenters. The molecule has 1 aliphatic heterocycles. The zero-order valence-electron chi connectivity index (χ0n) is 21.1. The molecule has 5 N–H and O–H groups in total. The van der Waals surface area contributed by atoms with Crippen molar-refractivity contribution in [2.75, 3.05) is 43.2 Å². The molecule has 35 heavy (non-hydrogen) atoms. The number of nitrogens with two attached hydrogens (primary N) is 1. The Bertz CT molecular complexity index is 953. The maximum atomic E-state index is 10.5. The van der Waals surface area contributed by atoms with Gasteiger partial charge in [-0.2, -0.15) is 11.8 Å². The summed E-state index contributed by atoms with van der Waals surface area (Å²) in [6.45, 7) is 8.11. The van der Waals surface area contributed by atoms with Gasteiger partial charge in [0, 0.05) is 41.3 Å². The van der Waals surface area contributed by atoms with Crippen molar-refractivity contribution in [2.45, 2.75) is 33.3 Å². The van der Waals surface area contributed by atoms with Crippen LogP contribution in [0.5, 0.6) is 5.88 Å². The number of carbonyl (C=O) groups excluding carboxylic acids is 1. The van der Waals surface area contributed by atoms with E-state index in [0.29, 0.717) is 40.7 Å². The van der Waals surface area contributed by atoms with E-state index in [1.165, 1.54) is 0 Å². The number of likely N-dealkylation sites (tertiary alicyclic amines) is 1. The Labute approximate surface area is 212 Å². The van der Waals surface area contributed by atoms with Crippen LogP contribution in [-0.2, 0) is 9.59 Å². The lowest BCUT2D eigenvalue weighted by molar-refractivity contribution is -0.138. The lowest BCUT2D eigenvalue weighted by Crippen LogP contribution is -2.27. The quantitative estimate of drug-likeness (QED) is 0.242. The number of amides is 1. The molecule has 1 saturated heterocycles. The number of hydrogen-bond acceptors (Lipinski definition) is 8. The topological polar surface area (TPSA) is 142 Å². The minimum atomic E-state index is -0.714. The summed E-state index contributed by atoms with van der Waals surface area (Å²) in [6.07, 6.45) is 7.42. The van der Waals surface area contributed by atoms with Crippen LogP contribution >= 0.6 is 11.8 Å². The third-order valence-electron chi connectivity index (χ3n) is 4.80. The minimum Gasteiger partial charge on any atom is -0.480 e. The number of thioether (sulfide) groups is 1. The van der Waals surface area contributed by atoms with Crippen LogP contribution in [0.15, 0.2) is 36.5 Å². The van der Waals surface area contributed by atoms with Crippen LogP contribution in [0.2, 0.25) is 0 Å². The third kappa shape index (κ3) is 11.2. The molecule has 1 fully saturated rings. The van der Waals surface area contributed by atoms with Crippen LogP contribution in [-0.4, -0.2) is 71.3 Å². The van der Waals surface area contributed by atoms with Gasteiger partial charge in [-0.1, -0.05) is 6.92 Å². The molecule has 0 bridgehead atoms. The Kier molecular flexibility index (Phi) is 13.4. The van der Waals surface area contributed by atoms with Gasteiger partial charge in [0.25, 0.3) is 0 Å². The summed E-state index contributed by atoms with van der Waals surface area (Å²) >= 11 is 1.75. The molecule has 192 valence electrons. The molecule has 1 aliphatic rings. The van der Waals surface area contributed by atoms with Gasteiger partial charge in [0.05, 0.1) is 18.4 Å². The number of benzene rings is 1. The van der Waals surface area contributed by atoms with E-state index in [1.807, 2.05) is 31.3 Å². The number of carbonyl (C=O) groups is 2. The van der Waals surface area contributed by atoms with Crippen molar-refractivity contribution in [2.24, 2.45) is 5.92 Å². The van der Waals surface area contributed by atoms with E-state index >= 15 is 0 Å². The molecule has 1 aromatic carbocycles. The Morgan fingerprint density at radius 2 is 2.06 bits per heavy atom. The summed E-state index contributed by atoms with van der Waals surface area (Å²) in [6, 6.07) is 8.46. The van der Waals surface area contributed by atoms with Crippen molar-refractivity contribution >= 4 is 41.2 Å². The van der Waals surface area contributed by atoms with Crippen LogP contribution in [0.1, 0.15) is 38.3 Å². The van der Waals surface area contributed by atoms with Crippen molar-refractivity contribution in [1.82, 2.24) is 9.88 Å². The number of aromatic nitrogens is 1. The number of carboxylic acids is 1. The number of anilines is 2. The molecule has 1 amide bonds. The van der Waals surface area contributed by atoms with Crippen molar-refractivity contribution in [3.8, 4) is 5.88 Å². The predicted octanol–water partition coefficient (Wildman–Crippen LogP) is 3.83. The molecule has 9 nitrogen and oxygen atoms in total. The first kappa shape index (κ1) is 29.9. The maximum Gasteiger partial charge on any atom is 0.317 e. The summed E-state index contributed by atoms with van der Waals surface area (Å²) in [7, 11) is 0. The number of nitrogens with one attached hydrogen (secondary N) is 2. The second-order valence-corrected chi connectivity index (χ2v) is 9.24. The third-order valence-corrected chi connectivity index (χ3v) is 4.80. The van der Waals surface area contributed by atoms with Crippen LogP contribution in [0.3, 0.4) is 0 Å². The van der Waals surface area contributed by atoms with Gasteiger partial charge in [0.1, 0.15) is 0 Å². The smallest absolute Gasteiger partial charge is 0.317 e. The Morgan fingerprint density at radius 1 is 1.37 bits per heavy atom. The molecular weight excluding hydrogens is 466 g/mol. The number of carboxylic acid groups (broad SMARTS) is 1. The first-order valence-corrected chi connectivity index (χ1v) is 12.9. The van der Waals surface area contributed by atoms with Crippen LogP contribution < -0.4 is 15.8 Å². The van der Waals surface area contributed by atoms with Crippen LogP contribution in [0.4, 0.5) is 11.4 Å². The molecule has 3 rings (SSSR count). The van der Waals surface area contributed by atoms with E-state index in [2.05, 4.69) is 17.2 Å².